The Kier molecular flexibility index (Phi) is 3.01. The maximum absolute atomic E-state index is 5.77. The van der Waals surface area contributed by atoms with Crippen LogP contribution in [0.25, 0.3) is 11.3 Å². The van der Waals surface area contributed by atoms with E-state index in [9.17, 15) is 0 Å². The van der Waals surface area contributed by atoms with Crippen molar-refractivity contribution in [3.05, 3.63) is 40.8 Å². The largest absolute Gasteiger partial charge is 0.345 e. The van der Waals surface area contributed by atoms with Crippen molar-refractivity contribution in [2.45, 2.75) is 26.7 Å². The summed E-state index contributed by atoms with van der Waals surface area (Å²) in [5.74, 6) is 1.25. The predicted molar refractivity (Wildman–Crippen MR) is 67.8 cm³/mol. The van der Waals surface area contributed by atoms with Crippen LogP contribution in [0.15, 0.2) is 18.2 Å². The highest BCUT2D eigenvalue weighted by Gasteiger charge is 2.10. The van der Waals surface area contributed by atoms with Crippen LogP contribution < -0.4 is 0 Å². The molecular formula is C13H15ClN2. The molecule has 1 aromatic heterocycles. The van der Waals surface area contributed by atoms with Gasteiger partial charge in [-0.15, -0.1) is 11.6 Å². The van der Waals surface area contributed by atoms with Gasteiger partial charge in [-0.1, -0.05) is 23.8 Å². The summed E-state index contributed by atoms with van der Waals surface area (Å²) in [6, 6.07) is 6.40. The van der Waals surface area contributed by atoms with Gasteiger partial charge in [0.25, 0.3) is 0 Å². The number of benzene rings is 1. The number of hydrogen-bond donors (Lipinski definition) is 1. The number of aromatic amines is 1. The van der Waals surface area contributed by atoms with E-state index in [-0.39, 0.29) is 0 Å². The van der Waals surface area contributed by atoms with Gasteiger partial charge in [-0.3, -0.25) is 0 Å². The van der Waals surface area contributed by atoms with E-state index < -0.39 is 0 Å². The molecule has 16 heavy (non-hydrogen) atoms. The van der Waals surface area contributed by atoms with Crippen molar-refractivity contribution in [2.75, 3.05) is 0 Å². The smallest absolute Gasteiger partial charge is 0.121 e. The summed E-state index contributed by atoms with van der Waals surface area (Å²) in [5.41, 5.74) is 5.77. The van der Waals surface area contributed by atoms with E-state index >= 15 is 0 Å². The Morgan fingerprint density at radius 2 is 2.00 bits per heavy atom. The minimum Gasteiger partial charge on any atom is -0.345 e. The van der Waals surface area contributed by atoms with Crippen LogP contribution in [0.5, 0.6) is 0 Å². The number of H-pyrrole nitrogens is 1. The summed E-state index contributed by atoms with van der Waals surface area (Å²) >= 11 is 5.77. The second-order valence-corrected chi connectivity index (χ2v) is 4.38. The van der Waals surface area contributed by atoms with Crippen LogP contribution in [-0.4, -0.2) is 9.97 Å². The second kappa shape index (κ2) is 4.30. The molecule has 0 atom stereocenters. The molecule has 2 rings (SSSR count). The molecule has 0 bridgehead atoms. The van der Waals surface area contributed by atoms with E-state index in [1.54, 1.807) is 0 Å². The molecular weight excluding hydrogens is 220 g/mol. The molecule has 0 aliphatic rings. The molecule has 0 aliphatic carbocycles. The molecule has 1 N–H and O–H groups in total. The van der Waals surface area contributed by atoms with Crippen molar-refractivity contribution in [3.63, 3.8) is 0 Å². The average Bonchev–Trinajstić information content (AvgIpc) is 2.60. The van der Waals surface area contributed by atoms with Crippen LogP contribution in [0, 0.1) is 20.8 Å². The topological polar surface area (TPSA) is 28.7 Å². The lowest BCUT2D eigenvalue weighted by molar-refractivity contribution is 1.10. The number of hydrogen-bond acceptors (Lipinski definition) is 1. The summed E-state index contributed by atoms with van der Waals surface area (Å²) in [4.78, 5) is 7.69. The molecule has 2 nitrogen and oxygen atoms in total. The zero-order valence-electron chi connectivity index (χ0n) is 9.76. The maximum Gasteiger partial charge on any atom is 0.121 e. The molecule has 0 fully saturated rings. The molecule has 0 radical (unpaired) electrons. The number of aromatic nitrogens is 2. The van der Waals surface area contributed by atoms with Gasteiger partial charge in [0, 0.05) is 11.3 Å². The van der Waals surface area contributed by atoms with Gasteiger partial charge in [0.1, 0.15) is 5.82 Å². The van der Waals surface area contributed by atoms with Gasteiger partial charge in [-0.2, -0.15) is 0 Å². The lowest BCUT2D eigenvalue weighted by atomic mass is 10.0. The number of alkyl halides is 1. The molecule has 0 saturated heterocycles. The molecule has 0 unspecified atom stereocenters. The fraction of sp³-hybridized carbons (Fsp3) is 0.308. The van der Waals surface area contributed by atoms with E-state index in [1.807, 2.05) is 6.92 Å². The molecule has 0 aliphatic heterocycles. The molecule has 1 aromatic carbocycles. The minimum absolute atomic E-state index is 0.422. The number of halogens is 1. The molecule has 0 saturated carbocycles. The van der Waals surface area contributed by atoms with E-state index in [4.69, 9.17) is 11.6 Å². The standard InChI is InChI=1S/C13H15ClN2/c1-8-4-5-11(9(2)6-8)13-10(3)15-12(7-14)16-13/h4-6H,7H2,1-3H3,(H,15,16). The summed E-state index contributed by atoms with van der Waals surface area (Å²) in [6.45, 7) is 6.23. The molecule has 84 valence electrons. The maximum atomic E-state index is 5.77. The first-order chi connectivity index (χ1) is 7.61. The highest BCUT2D eigenvalue weighted by atomic mass is 35.5. The van der Waals surface area contributed by atoms with E-state index in [1.165, 1.54) is 16.7 Å². The minimum atomic E-state index is 0.422. The fourth-order valence-corrected chi connectivity index (χ4v) is 2.05. The van der Waals surface area contributed by atoms with Crippen molar-refractivity contribution in [1.82, 2.24) is 9.97 Å². The van der Waals surface area contributed by atoms with Gasteiger partial charge in [-0.05, 0) is 26.3 Å². The van der Waals surface area contributed by atoms with Crippen LogP contribution >= 0.6 is 11.6 Å². The summed E-state index contributed by atoms with van der Waals surface area (Å²) < 4.78 is 0. The van der Waals surface area contributed by atoms with Gasteiger partial charge in [-0.25, -0.2) is 4.98 Å². The van der Waals surface area contributed by atoms with Crippen LogP contribution in [0.1, 0.15) is 22.6 Å². The van der Waals surface area contributed by atoms with Crippen LogP contribution in [0.4, 0.5) is 0 Å². The zero-order valence-corrected chi connectivity index (χ0v) is 10.5. The summed E-state index contributed by atoms with van der Waals surface area (Å²) in [7, 11) is 0. The molecule has 0 amide bonds. The third-order valence-corrected chi connectivity index (χ3v) is 2.95. The van der Waals surface area contributed by atoms with E-state index in [0.29, 0.717) is 5.88 Å². The molecule has 2 aromatic rings. The lowest BCUT2D eigenvalue weighted by Gasteiger charge is -2.04. The monoisotopic (exact) mass is 234 g/mol. The van der Waals surface area contributed by atoms with E-state index in [2.05, 4.69) is 42.0 Å². The Labute approximate surface area is 101 Å². The van der Waals surface area contributed by atoms with E-state index in [0.717, 1.165) is 17.2 Å². The van der Waals surface area contributed by atoms with Gasteiger partial charge in [0.05, 0.1) is 11.6 Å². The average molecular weight is 235 g/mol. The quantitative estimate of drug-likeness (QED) is 0.788. The van der Waals surface area contributed by atoms with Gasteiger partial charge < -0.3 is 4.98 Å². The SMILES string of the molecule is Cc1ccc(-c2nc(CCl)[nH]c2C)c(C)c1. The Hall–Kier alpha value is -1.28. The number of rotatable bonds is 2. The van der Waals surface area contributed by atoms with Crippen molar-refractivity contribution in [1.29, 1.82) is 0 Å². The van der Waals surface area contributed by atoms with Crippen LogP contribution in [0.2, 0.25) is 0 Å². The number of nitrogens with zero attached hydrogens (tertiary/aromatic N) is 1. The first-order valence-electron chi connectivity index (χ1n) is 5.31. The van der Waals surface area contributed by atoms with Crippen molar-refractivity contribution in [3.8, 4) is 11.3 Å². The van der Waals surface area contributed by atoms with Gasteiger partial charge in [0.2, 0.25) is 0 Å². The Balaban J connectivity index is 2.53. The zero-order chi connectivity index (χ0) is 11.7. The first-order valence-corrected chi connectivity index (χ1v) is 5.84. The van der Waals surface area contributed by atoms with Crippen molar-refractivity contribution in [2.24, 2.45) is 0 Å². The molecule has 1 heterocycles. The third kappa shape index (κ3) is 1.98. The third-order valence-electron chi connectivity index (χ3n) is 2.70. The van der Waals surface area contributed by atoms with Crippen molar-refractivity contribution >= 4 is 11.6 Å². The highest BCUT2D eigenvalue weighted by molar-refractivity contribution is 6.16. The van der Waals surface area contributed by atoms with Gasteiger partial charge in [0.15, 0.2) is 0 Å². The van der Waals surface area contributed by atoms with Crippen molar-refractivity contribution < 1.29 is 0 Å². The lowest BCUT2D eigenvalue weighted by Crippen LogP contribution is -1.87. The summed E-state index contributed by atoms with van der Waals surface area (Å²) in [6.07, 6.45) is 0. The van der Waals surface area contributed by atoms with Crippen LogP contribution in [0.3, 0.4) is 0 Å². The number of imidazole rings is 1. The normalized spacial score (nSPS) is 10.8. The second-order valence-electron chi connectivity index (χ2n) is 4.11. The highest BCUT2D eigenvalue weighted by Crippen LogP contribution is 2.25. The first kappa shape index (κ1) is 11.2. The Morgan fingerprint density at radius 1 is 1.25 bits per heavy atom. The number of nitrogens with one attached hydrogen (secondary N) is 1. The Bertz CT molecular complexity index is 515. The summed E-state index contributed by atoms with van der Waals surface area (Å²) in [5, 5.41) is 0. The predicted octanol–water partition coefficient (Wildman–Crippen LogP) is 3.74. The molecule has 0 spiro atoms. The fourth-order valence-electron chi connectivity index (χ4n) is 1.93. The number of aryl methyl sites for hydroxylation is 3. The Morgan fingerprint density at radius 3 is 2.56 bits per heavy atom. The van der Waals surface area contributed by atoms with Crippen LogP contribution in [-0.2, 0) is 5.88 Å². The molecule has 3 heteroatoms. The van der Waals surface area contributed by atoms with Gasteiger partial charge >= 0.3 is 0 Å².